The number of aliphatic imine (C=N–C) groups is 1. The van der Waals surface area contributed by atoms with Gasteiger partial charge < -0.3 is 9.88 Å². The van der Waals surface area contributed by atoms with Crippen molar-refractivity contribution < 1.29 is 0 Å². The van der Waals surface area contributed by atoms with Gasteiger partial charge in [-0.25, -0.2) is 0 Å². The molecule has 3 nitrogen and oxygen atoms in total. The summed E-state index contributed by atoms with van der Waals surface area (Å²) < 4.78 is 2.55. The summed E-state index contributed by atoms with van der Waals surface area (Å²) in [6.07, 6.45) is 4.29. The number of fused-ring (bicyclic) bond motifs is 12. The summed E-state index contributed by atoms with van der Waals surface area (Å²) >= 11 is 0. The molecule has 12 rings (SSSR count). The molecule has 0 radical (unpaired) electrons. The first kappa shape index (κ1) is 35.9. The maximum Gasteiger partial charge on any atom is 0.145 e. The second kappa shape index (κ2) is 13.3. The molecule has 1 unspecified atom stereocenters. The topological polar surface area (TPSA) is 29.3 Å². The van der Waals surface area contributed by atoms with Crippen molar-refractivity contribution in [2.75, 3.05) is 0 Å². The summed E-state index contributed by atoms with van der Waals surface area (Å²) in [6.45, 7) is 9.74. The third kappa shape index (κ3) is 5.60. The Bertz CT molecular complexity index is 3490. The lowest BCUT2D eigenvalue weighted by molar-refractivity contribution is 0.332. The lowest BCUT2D eigenvalue weighted by Crippen LogP contribution is -2.33. The van der Waals surface area contributed by atoms with E-state index in [1.807, 2.05) is 0 Å². The van der Waals surface area contributed by atoms with Gasteiger partial charge >= 0.3 is 0 Å². The van der Waals surface area contributed by atoms with Gasteiger partial charge in [0.25, 0.3) is 0 Å². The van der Waals surface area contributed by atoms with Crippen molar-refractivity contribution in [3.8, 4) is 5.69 Å². The first-order valence-electron chi connectivity index (χ1n) is 21.8. The number of nitrogens with one attached hydrogen (secondary N) is 1. The van der Waals surface area contributed by atoms with Crippen LogP contribution in [0, 0.1) is 0 Å². The van der Waals surface area contributed by atoms with Gasteiger partial charge in [0.05, 0.1) is 16.7 Å². The predicted molar refractivity (Wildman–Crippen MR) is 259 cm³/mol. The van der Waals surface area contributed by atoms with Crippen molar-refractivity contribution in [2.45, 2.75) is 57.5 Å². The van der Waals surface area contributed by atoms with Crippen LogP contribution in [0.4, 0.5) is 0 Å². The maximum atomic E-state index is 5.38. The molecule has 9 aromatic carbocycles. The number of benzene rings is 9. The van der Waals surface area contributed by atoms with Crippen molar-refractivity contribution in [3.63, 3.8) is 0 Å². The molecule has 3 heteroatoms. The summed E-state index contributed by atoms with van der Waals surface area (Å²) in [7, 11) is 0. The predicted octanol–water partition coefficient (Wildman–Crippen LogP) is 14.9. The molecule has 1 aliphatic carbocycles. The van der Waals surface area contributed by atoms with Gasteiger partial charge in [-0.2, -0.15) is 0 Å². The molecule has 0 bridgehead atoms. The van der Waals surface area contributed by atoms with Gasteiger partial charge in [-0.1, -0.05) is 167 Å². The van der Waals surface area contributed by atoms with Crippen LogP contribution in [-0.4, -0.2) is 10.3 Å². The molecule has 61 heavy (non-hydrogen) atoms. The molecule has 2 aliphatic rings. The zero-order valence-corrected chi connectivity index (χ0v) is 35.1. The van der Waals surface area contributed by atoms with Crippen molar-refractivity contribution >= 4 is 76.3 Å². The largest absolute Gasteiger partial charge is 0.360 e. The monoisotopic (exact) mass is 785 g/mol. The van der Waals surface area contributed by atoms with Crippen LogP contribution in [-0.2, 0) is 10.8 Å². The molecule has 10 aromatic rings. The van der Waals surface area contributed by atoms with Gasteiger partial charge in [0.15, 0.2) is 0 Å². The Kier molecular flexibility index (Phi) is 7.81. The van der Waals surface area contributed by atoms with E-state index in [0.717, 1.165) is 33.8 Å². The summed E-state index contributed by atoms with van der Waals surface area (Å²) in [5.41, 5.74) is 12.2. The number of hydrogen-bond acceptors (Lipinski definition) is 2. The highest BCUT2D eigenvalue weighted by Crippen LogP contribution is 2.50. The number of allylic oxidation sites excluding steroid dienone is 1. The Hall–Kier alpha value is -6.97. The molecule has 1 N–H and O–H groups in total. The molecule has 0 fully saturated rings. The van der Waals surface area contributed by atoms with E-state index in [-0.39, 0.29) is 17.0 Å². The lowest BCUT2D eigenvalue weighted by atomic mass is 9.63. The third-order valence-corrected chi connectivity index (χ3v) is 14.0. The standard InChI is InChI=1S/C58H47N3/c1-57(2)30-31-58(3,4)50-34-53-48(33-49(50)57)54-45-20-12-10-18-43(45)44-19-11-13-21-46(44)55(54)61(53)41-28-26-39(27-29-41)56-59-51(38-15-6-5-7-16-38)35-52(60-56)40-25-24-37-23-22-36-14-8-9-17-42(36)47(37)32-40/h5-29,32-35,56,60H,30-31H2,1-4H3. The smallest absolute Gasteiger partial charge is 0.145 e. The van der Waals surface area contributed by atoms with Crippen LogP contribution in [0.5, 0.6) is 0 Å². The van der Waals surface area contributed by atoms with Gasteiger partial charge in [-0.15, -0.1) is 0 Å². The molecule has 0 saturated carbocycles. The Morgan fingerprint density at radius 3 is 1.84 bits per heavy atom. The minimum atomic E-state index is -0.273. The second-order valence-corrected chi connectivity index (χ2v) is 18.6. The summed E-state index contributed by atoms with van der Waals surface area (Å²) in [5, 5.41) is 16.7. The van der Waals surface area contributed by atoms with Crippen molar-refractivity contribution in [1.29, 1.82) is 0 Å². The maximum absolute atomic E-state index is 5.38. The average molecular weight is 786 g/mol. The number of nitrogens with zero attached hydrogens (tertiary/aromatic N) is 2. The first-order valence-corrected chi connectivity index (χ1v) is 21.8. The van der Waals surface area contributed by atoms with Crippen LogP contribution in [0.25, 0.3) is 76.3 Å². The molecule has 0 spiro atoms. The van der Waals surface area contributed by atoms with E-state index < -0.39 is 0 Å². The molecule has 1 aliphatic heterocycles. The Labute approximate surface area is 356 Å². The number of hydrogen-bond donors (Lipinski definition) is 1. The van der Waals surface area contributed by atoms with Crippen LogP contribution in [0.1, 0.15) is 74.5 Å². The van der Waals surface area contributed by atoms with Crippen LogP contribution in [0.15, 0.2) is 181 Å². The Morgan fingerprint density at radius 1 is 0.508 bits per heavy atom. The summed E-state index contributed by atoms with van der Waals surface area (Å²) in [5.74, 6) is 0. The molecule has 0 saturated heterocycles. The molecule has 0 amide bonds. The van der Waals surface area contributed by atoms with E-state index >= 15 is 0 Å². The zero-order chi connectivity index (χ0) is 41.0. The highest BCUT2D eigenvalue weighted by Gasteiger charge is 2.38. The van der Waals surface area contributed by atoms with E-state index in [0.29, 0.717) is 0 Å². The van der Waals surface area contributed by atoms with Crippen molar-refractivity contribution in [2.24, 2.45) is 4.99 Å². The summed E-state index contributed by atoms with van der Waals surface area (Å²) in [6, 6.07) is 62.8. The third-order valence-electron chi connectivity index (χ3n) is 14.0. The minimum absolute atomic E-state index is 0.0821. The van der Waals surface area contributed by atoms with Crippen LogP contribution in [0.2, 0.25) is 0 Å². The Balaban J connectivity index is 1.04. The average Bonchev–Trinajstić information content (AvgIpc) is 3.65. The van der Waals surface area contributed by atoms with Gasteiger partial charge in [0.1, 0.15) is 6.17 Å². The van der Waals surface area contributed by atoms with E-state index in [9.17, 15) is 0 Å². The van der Waals surface area contributed by atoms with Crippen LogP contribution in [0.3, 0.4) is 0 Å². The van der Waals surface area contributed by atoms with Gasteiger partial charge in [0, 0.05) is 27.5 Å². The zero-order valence-electron chi connectivity index (χ0n) is 35.1. The second-order valence-electron chi connectivity index (χ2n) is 18.6. The van der Waals surface area contributed by atoms with E-state index in [4.69, 9.17) is 4.99 Å². The van der Waals surface area contributed by atoms with E-state index in [1.54, 1.807) is 0 Å². The fourth-order valence-electron chi connectivity index (χ4n) is 10.6. The van der Waals surface area contributed by atoms with Crippen molar-refractivity contribution in [3.05, 3.63) is 204 Å². The highest BCUT2D eigenvalue weighted by atomic mass is 15.1. The fourth-order valence-corrected chi connectivity index (χ4v) is 10.6. The number of aromatic nitrogens is 1. The molecular weight excluding hydrogens is 739 g/mol. The molecule has 1 atom stereocenters. The molecule has 2 heterocycles. The molecule has 294 valence electrons. The Morgan fingerprint density at radius 2 is 1.10 bits per heavy atom. The normalized spacial score (nSPS) is 17.1. The highest BCUT2D eigenvalue weighted by molar-refractivity contribution is 6.32. The lowest BCUT2D eigenvalue weighted by Gasteiger charge is -2.42. The van der Waals surface area contributed by atoms with Crippen molar-refractivity contribution in [1.82, 2.24) is 9.88 Å². The van der Waals surface area contributed by atoms with Gasteiger partial charge in [-0.05, 0) is 126 Å². The minimum Gasteiger partial charge on any atom is -0.360 e. The fraction of sp³-hybridized carbons (Fsp3) is 0.155. The van der Waals surface area contributed by atoms with E-state index in [1.165, 1.54) is 88.9 Å². The molecular formula is C58H47N3. The van der Waals surface area contributed by atoms with Crippen LogP contribution >= 0.6 is 0 Å². The first-order chi connectivity index (χ1) is 29.7. The molecule has 1 aromatic heterocycles. The van der Waals surface area contributed by atoms with E-state index in [2.05, 4.69) is 214 Å². The SMILES string of the molecule is CC1(C)CCC(C)(C)c2cc3c(cc21)c1c2ccccc2c2ccccc2c1n3-c1ccc(C2N=C(c3ccccc3)C=C(c3ccc4ccc5ccccc5c4c3)N2)cc1. The van der Waals surface area contributed by atoms with Crippen LogP contribution < -0.4 is 5.32 Å². The van der Waals surface area contributed by atoms with Gasteiger partial charge in [-0.3, -0.25) is 4.99 Å². The quantitative estimate of drug-likeness (QED) is 0.177. The van der Waals surface area contributed by atoms with Gasteiger partial charge in [0.2, 0.25) is 0 Å². The number of rotatable bonds is 4. The summed E-state index contributed by atoms with van der Waals surface area (Å²) in [4.78, 5) is 5.38.